The van der Waals surface area contributed by atoms with E-state index < -0.39 is 0 Å². The summed E-state index contributed by atoms with van der Waals surface area (Å²) < 4.78 is 9.55. The van der Waals surface area contributed by atoms with Crippen LogP contribution in [0.3, 0.4) is 0 Å². The third kappa shape index (κ3) is 8.26. The summed E-state index contributed by atoms with van der Waals surface area (Å²) in [7, 11) is 0. The number of urea groups is 1. The number of hydrogen-bond acceptors (Lipinski definition) is 5. The van der Waals surface area contributed by atoms with Crippen LogP contribution in [0, 0.1) is 23.0 Å². The number of nitrogens with one attached hydrogen (secondary N) is 2. The van der Waals surface area contributed by atoms with Crippen LogP contribution in [-0.4, -0.2) is 6.03 Å². The molecule has 0 aliphatic carbocycles. The molecule has 0 spiro atoms. The molecular weight excluding hydrogens is 452 g/mol. The van der Waals surface area contributed by atoms with Crippen LogP contribution in [0.15, 0.2) is 109 Å². The van der Waals surface area contributed by atoms with E-state index in [1.54, 1.807) is 48.9 Å². The van der Waals surface area contributed by atoms with E-state index in [1.807, 2.05) is 60.7 Å². The van der Waals surface area contributed by atoms with E-state index in [9.17, 15) is 4.79 Å². The molecule has 0 radical (unpaired) electrons. The van der Waals surface area contributed by atoms with Crippen LogP contribution < -0.4 is 20.1 Å². The van der Waals surface area contributed by atoms with Crippen LogP contribution in [0.25, 0.3) is 0 Å². The first-order valence-corrected chi connectivity index (χ1v) is 11.1. The van der Waals surface area contributed by atoms with Crippen LogP contribution >= 0.6 is 0 Å². The molecule has 0 heterocycles. The third-order valence-electron chi connectivity index (χ3n) is 5.04. The third-order valence-corrected chi connectivity index (χ3v) is 5.04. The van der Waals surface area contributed by atoms with Crippen molar-refractivity contribution in [3.8, 4) is 24.0 Å². The Morgan fingerprint density at radius 2 is 1.36 bits per heavy atom. The van der Waals surface area contributed by atoms with E-state index in [-0.39, 0.29) is 6.03 Å². The predicted octanol–water partition coefficient (Wildman–Crippen LogP) is 5.99. The average molecular weight is 477 g/mol. The molecule has 0 saturated heterocycles. The van der Waals surface area contributed by atoms with Crippen LogP contribution in [0.2, 0.25) is 0 Å². The van der Waals surface area contributed by atoms with E-state index in [2.05, 4.69) is 17.2 Å². The molecule has 2 amide bonds. The number of hydrogen-bond donors (Lipinski definition) is 2. The normalized spacial score (nSPS) is 10.7. The number of ether oxygens (including phenoxy) is 2. The van der Waals surface area contributed by atoms with Crippen LogP contribution in [0.1, 0.15) is 16.7 Å². The number of benzene rings is 3. The Morgan fingerprint density at radius 3 is 1.89 bits per heavy atom. The monoisotopic (exact) mass is 476 g/mol. The Morgan fingerprint density at radius 1 is 0.833 bits per heavy atom. The minimum Gasteiger partial charge on any atom is -0.388 e. The first-order chi connectivity index (χ1) is 17.6. The first-order valence-electron chi connectivity index (χ1n) is 11.1. The standard InChI is InChI=1S/C29H24N4O3/c1-2-25(6-4-3-5-22-9-15-27(16-10-22)35-20-30)32-29(34)33-26-13-7-23(8-14-26)19-24-11-17-28(18-12-24)36-21-31/h2-4,6-18H,1,5,19H2,(H2,32,33,34)/b4-3+,25-6+. The Kier molecular flexibility index (Phi) is 9.47. The zero-order chi connectivity index (χ0) is 25.6. The van der Waals surface area contributed by atoms with E-state index >= 15 is 0 Å². The summed E-state index contributed by atoms with van der Waals surface area (Å²) in [5.41, 5.74) is 4.44. The van der Waals surface area contributed by atoms with Crippen LogP contribution in [0.5, 0.6) is 11.5 Å². The Bertz CT molecular complexity index is 1310. The second-order valence-electron chi connectivity index (χ2n) is 7.59. The van der Waals surface area contributed by atoms with E-state index in [4.69, 9.17) is 20.0 Å². The quantitative estimate of drug-likeness (QED) is 0.276. The Balaban J connectivity index is 1.48. The fourth-order valence-electron chi connectivity index (χ4n) is 3.25. The van der Waals surface area contributed by atoms with Gasteiger partial charge in [-0.15, -0.1) is 10.5 Å². The summed E-state index contributed by atoms with van der Waals surface area (Å²) in [5, 5.41) is 22.6. The Hall–Kier alpha value is -5.27. The minimum absolute atomic E-state index is 0.372. The predicted molar refractivity (Wildman–Crippen MR) is 138 cm³/mol. The number of anilines is 1. The highest BCUT2D eigenvalue weighted by Crippen LogP contribution is 2.17. The highest BCUT2D eigenvalue weighted by Gasteiger charge is 2.04. The number of amides is 2. The zero-order valence-electron chi connectivity index (χ0n) is 19.5. The van der Waals surface area contributed by atoms with Gasteiger partial charge in [0.15, 0.2) is 0 Å². The van der Waals surface area contributed by atoms with Gasteiger partial charge in [0.25, 0.3) is 12.5 Å². The average Bonchev–Trinajstić information content (AvgIpc) is 2.89. The number of nitrogens with zero attached hydrogens (tertiary/aromatic N) is 2. The van der Waals surface area contributed by atoms with Gasteiger partial charge >= 0.3 is 6.03 Å². The lowest BCUT2D eigenvalue weighted by Gasteiger charge is -2.09. The van der Waals surface area contributed by atoms with Gasteiger partial charge < -0.3 is 20.1 Å². The number of carbonyl (C=O) groups excluding carboxylic acids is 1. The van der Waals surface area contributed by atoms with Gasteiger partial charge in [0.1, 0.15) is 11.5 Å². The van der Waals surface area contributed by atoms with Crippen molar-refractivity contribution in [2.75, 3.05) is 5.32 Å². The van der Waals surface area contributed by atoms with Gasteiger partial charge in [-0.2, -0.15) is 0 Å². The van der Waals surface area contributed by atoms with Crippen molar-refractivity contribution in [3.05, 3.63) is 126 Å². The topological polar surface area (TPSA) is 107 Å². The van der Waals surface area contributed by atoms with Gasteiger partial charge in [-0.3, -0.25) is 0 Å². The van der Waals surface area contributed by atoms with E-state index in [0.717, 1.165) is 16.7 Å². The van der Waals surface area contributed by atoms with E-state index in [0.29, 0.717) is 35.7 Å². The molecule has 0 bridgehead atoms. The maximum atomic E-state index is 12.4. The molecule has 0 saturated carbocycles. The SMILES string of the molecule is C=C/C(=C\C=C\Cc1ccc(OC#N)cc1)NC(=O)Nc1ccc(Cc2ccc(OC#N)cc2)cc1. The molecule has 0 aliphatic heterocycles. The highest BCUT2D eigenvalue weighted by atomic mass is 16.5. The smallest absolute Gasteiger partial charge is 0.323 e. The molecule has 3 aromatic rings. The first kappa shape index (κ1) is 25.4. The molecule has 0 aromatic heterocycles. The molecule has 3 rings (SSSR count). The summed E-state index contributed by atoms with van der Waals surface area (Å²) in [6, 6.07) is 21.8. The lowest BCUT2D eigenvalue weighted by molar-refractivity contribution is 0.254. The number of carbonyl (C=O) groups is 1. The molecule has 7 heteroatoms. The molecule has 3 aromatic carbocycles. The zero-order valence-corrected chi connectivity index (χ0v) is 19.5. The van der Waals surface area contributed by atoms with Crippen molar-refractivity contribution < 1.29 is 14.3 Å². The van der Waals surface area contributed by atoms with Crippen molar-refractivity contribution in [3.63, 3.8) is 0 Å². The molecule has 0 atom stereocenters. The molecule has 0 aliphatic rings. The van der Waals surface area contributed by atoms with Crippen LogP contribution in [0.4, 0.5) is 10.5 Å². The van der Waals surface area contributed by atoms with Gasteiger partial charge in [-0.25, -0.2) is 4.79 Å². The van der Waals surface area contributed by atoms with Gasteiger partial charge in [0, 0.05) is 11.4 Å². The number of nitriles is 2. The lowest BCUT2D eigenvalue weighted by Crippen LogP contribution is -2.27. The molecule has 178 valence electrons. The molecule has 0 fully saturated rings. The van der Waals surface area contributed by atoms with Crippen molar-refractivity contribution in [1.29, 1.82) is 10.5 Å². The second-order valence-corrected chi connectivity index (χ2v) is 7.59. The maximum absolute atomic E-state index is 12.4. The van der Waals surface area contributed by atoms with Crippen molar-refractivity contribution in [2.24, 2.45) is 0 Å². The highest BCUT2D eigenvalue weighted by molar-refractivity contribution is 5.90. The largest absolute Gasteiger partial charge is 0.388 e. The summed E-state index contributed by atoms with van der Waals surface area (Å²) in [5.74, 6) is 1.01. The van der Waals surface area contributed by atoms with Crippen LogP contribution in [-0.2, 0) is 12.8 Å². The minimum atomic E-state index is -0.372. The summed E-state index contributed by atoms with van der Waals surface area (Å²) in [4.78, 5) is 12.4. The Labute approximate surface area is 210 Å². The number of rotatable bonds is 10. The fourth-order valence-corrected chi connectivity index (χ4v) is 3.25. The van der Waals surface area contributed by atoms with Crippen molar-refractivity contribution >= 4 is 11.7 Å². The van der Waals surface area contributed by atoms with Crippen molar-refractivity contribution in [1.82, 2.24) is 5.32 Å². The van der Waals surface area contributed by atoms with Gasteiger partial charge in [-0.1, -0.05) is 55.1 Å². The summed E-state index contributed by atoms with van der Waals surface area (Å²) in [6.45, 7) is 3.74. The summed E-state index contributed by atoms with van der Waals surface area (Å²) in [6.07, 6.45) is 11.8. The molecule has 2 N–H and O–H groups in total. The fraction of sp³-hybridized carbons (Fsp3) is 0.0690. The molecule has 36 heavy (non-hydrogen) atoms. The van der Waals surface area contributed by atoms with Gasteiger partial charge in [0.2, 0.25) is 0 Å². The molecule has 0 unspecified atom stereocenters. The lowest BCUT2D eigenvalue weighted by atomic mass is 10.0. The van der Waals surface area contributed by atoms with Crippen molar-refractivity contribution in [2.45, 2.75) is 12.8 Å². The molecular formula is C29H24N4O3. The molecule has 7 nitrogen and oxygen atoms in total. The second kappa shape index (κ2) is 13.4. The number of allylic oxidation sites excluding steroid dienone is 4. The van der Waals surface area contributed by atoms with Gasteiger partial charge in [0.05, 0.1) is 0 Å². The maximum Gasteiger partial charge on any atom is 0.323 e. The van der Waals surface area contributed by atoms with E-state index in [1.165, 1.54) is 0 Å². The van der Waals surface area contributed by atoms with Gasteiger partial charge in [-0.05, 0) is 78.1 Å². The summed E-state index contributed by atoms with van der Waals surface area (Å²) >= 11 is 0.